The minimum Gasteiger partial charge on any atom is -0.324 e. The minimum atomic E-state index is -0.918. The van der Waals surface area contributed by atoms with E-state index < -0.39 is 23.8 Å². The SMILES string of the molecule is CSCC[C@@H](C(=O)Nc1ccc(Cl)c(Cl)c1)N1C(=O)[C@H]2C3c4ccccc4C(c4ccccc43)[C@@H]2C1=O. The number of benzene rings is 3. The summed E-state index contributed by atoms with van der Waals surface area (Å²) in [6, 6.07) is 20.1. The first kappa shape index (κ1) is 24.5. The number of hydrogen-bond acceptors (Lipinski definition) is 4. The van der Waals surface area contributed by atoms with Crippen LogP contribution in [0.1, 0.15) is 40.5 Å². The molecule has 3 aromatic rings. The molecule has 0 spiro atoms. The van der Waals surface area contributed by atoms with Crippen molar-refractivity contribution in [1.82, 2.24) is 4.90 Å². The third kappa shape index (κ3) is 3.80. The number of rotatable bonds is 6. The Balaban J connectivity index is 1.39. The van der Waals surface area contributed by atoms with Crippen molar-refractivity contribution in [2.45, 2.75) is 24.3 Å². The van der Waals surface area contributed by atoms with Crippen LogP contribution in [0.3, 0.4) is 0 Å². The Hall–Kier alpha value is -2.80. The standard InChI is InChI=1S/C29H24Cl2N2O3S/c1-37-13-12-22(27(34)32-15-10-11-20(30)21(31)14-15)33-28(35)25-23-16-6-2-3-7-17(16)24(26(25)29(33)36)19-9-5-4-8-18(19)23/h2-11,14,22-26H,12-13H2,1H3,(H,32,34)/t22-,23?,24?,25-,26-/m0/s1. The Kier molecular flexibility index (Phi) is 6.30. The Bertz CT molecular complexity index is 1330. The monoisotopic (exact) mass is 550 g/mol. The molecule has 3 amide bonds. The van der Waals surface area contributed by atoms with Gasteiger partial charge in [0.1, 0.15) is 6.04 Å². The zero-order valence-electron chi connectivity index (χ0n) is 20.0. The van der Waals surface area contributed by atoms with Crippen LogP contribution in [0.15, 0.2) is 66.7 Å². The summed E-state index contributed by atoms with van der Waals surface area (Å²) in [5, 5.41) is 3.54. The van der Waals surface area contributed by atoms with Crippen LogP contribution in [0.4, 0.5) is 5.69 Å². The molecule has 8 heteroatoms. The van der Waals surface area contributed by atoms with Gasteiger partial charge in [-0.1, -0.05) is 71.7 Å². The molecule has 188 valence electrons. The molecule has 1 aliphatic heterocycles. The number of amides is 3. The molecule has 1 saturated heterocycles. The topological polar surface area (TPSA) is 66.5 Å². The van der Waals surface area contributed by atoms with Crippen molar-refractivity contribution in [1.29, 1.82) is 0 Å². The van der Waals surface area contributed by atoms with E-state index in [0.717, 1.165) is 22.3 Å². The van der Waals surface area contributed by atoms with Gasteiger partial charge < -0.3 is 5.32 Å². The Morgan fingerprint density at radius 3 is 1.84 bits per heavy atom. The molecular formula is C29H24Cl2N2O3S. The van der Waals surface area contributed by atoms with Gasteiger partial charge in [0, 0.05) is 17.5 Å². The van der Waals surface area contributed by atoms with Crippen LogP contribution in [0.25, 0.3) is 0 Å². The summed E-state index contributed by atoms with van der Waals surface area (Å²) in [7, 11) is 0. The lowest BCUT2D eigenvalue weighted by atomic mass is 9.55. The lowest BCUT2D eigenvalue weighted by Gasteiger charge is -2.45. The molecule has 2 bridgehead atoms. The number of hydrogen-bond donors (Lipinski definition) is 1. The lowest BCUT2D eigenvalue weighted by molar-refractivity contribution is -0.146. The quantitative estimate of drug-likeness (QED) is 0.385. The summed E-state index contributed by atoms with van der Waals surface area (Å²) in [6.07, 6.45) is 2.30. The molecule has 3 aromatic carbocycles. The zero-order chi connectivity index (χ0) is 25.8. The molecule has 4 aliphatic rings. The first-order chi connectivity index (χ1) is 17.9. The van der Waals surface area contributed by atoms with E-state index in [4.69, 9.17) is 23.2 Å². The van der Waals surface area contributed by atoms with Crippen molar-refractivity contribution in [3.05, 3.63) is 99.0 Å². The second-order valence-corrected chi connectivity index (χ2v) is 11.5. The van der Waals surface area contributed by atoms with Crippen LogP contribution >= 0.6 is 35.0 Å². The highest BCUT2D eigenvalue weighted by atomic mass is 35.5. The number of halogens is 2. The van der Waals surface area contributed by atoms with Gasteiger partial charge in [0.05, 0.1) is 21.9 Å². The molecular weight excluding hydrogens is 527 g/mol. The number of likely N-dealkylation sites (tertiary alicyclic amines) is 1. The van der Waals surface area contributed by atoms with E-state index in [1.54, 1.807) is 30.0 Å². The number of imide groups is 1. The predicted octanol–water partition coefficient (Wildman–Crippen LogP) is 5.95. The summed E-state index contributed by atoms with van der Waals surface area (Å²) in [4.78, 5) is 43.0. The maximum atomic E-state index is 14.1. The molecule has 0 unspecified atom stereocenters. The van der Waals surface area contributed by atoms with E-state index in [0.29, 0.717) is 27.9 Å². The second-order valence-electron chi connectivity index (χ2n) is 9.73. The van der Waals surface area contributed by atoms with Gasteiger partial charge in [0.25, 0.3) is 0 Å². The average molecular weight is 551 g/mol. The van der Waals surface area contributed by atoms with Crippen LogP contribution in [0.2, 0.25) is 10.0 Å². The maximum absolute atomic E-state index is 14.1. The van der Waals surface area contributed by atoms with Gasteiger partial charge in [-0.15, -0.1) is 0 Å². The van der Waals surface area contributed by atoms with Gasteiger partial charge in [-0.2, -0.15) is 11.8 Å². The molecule has 1 fully saturated rings. The number of nitrogens with one attached hydrogen (secondary N) is 1. The van der Waals surface area contributed by atoms with E-state index in [1.807, 2.05) is 30.5 Å². The van der Waals surface area contributed by atoms with Gasteiger partial charge in [-0.05, 0) is 58.9 Å². The van der Waals surface area contributed by atoms with Crippen LogP contribution in [0.5, 0.6) is 0 Å². The van der Waals surface area contributed by atoms with Gasteiger partial charge in [-0.3, -0.25) is 19.3 Å². The van der Waals surface area contributed by atoms with Gasteiger partial charge in [0.15, 0.2) is 0 Å². The van der Waals surface area contributed by atoms with E-state index in [9.17, 15) is 14.4 Å². The van der Waals surface area contributed by atoms with Gasteiger partial charge in [-0.25, -0.2) is 0 Å². The third-order valence-corrected chi connectivity index (χ3v) is 9.26. The fourth-order valence-electron chi connectivity index (χ4n) is 6.41. The first-order valence-corrected chi connectivity index (χ1v) is 14.4. The van der Waals surface area contributed by atoms with Crippen LogP contribution in [-0.2, 0) is 14.4 Å². The highest BCUT2D eigenvalue weighted by Gasteiger charge is 2.62. The van der Waals surface area contributed by atoms with Crippen molar-refractivity contribution in [2.75, 3.05) is 17.3 Å². The first-order valence-electron chi connectivity index (χ1n) is 12.2. The Labute approximate surface area is 229 Å². The zero-order valence-corrected chi connectivity index (χ0v) is 22.3. The maximum Gasteiger partial charge on any atom is 0.247 e. The van der Waals surface area contributed by atoms with Crippen LogP contribution in [0, 0.1) is 11.8 Å². The number of nitrogens with zero attached hydrogens (tertiary/aromatic N) is 1. The summed E-state index contributed by atoms with van der Waals surface area (Å²) < 4.78 is 0. The molecule has 3 aliphatic carbocycles. The molecule has 7 rings (SSSR count). The molecule has 1 heterocycles. The van der Waals surface area contributed by atoms with Crippen molar-refractivity contribution in [3.8, 4) is 0 Å². The van der Waals surface area contributed by atoms with Crippen molar-refractivity contribution in [2.24, 2.45) is 11.8 Å². The van der Waals surface area contributed by atoms with Crippen molar-refractivity contribution in [3.63, 3.8) is 0 Å². The van der Waals surface area contributed by atoms with E-state index >= 15 is 0 Å². The molecule has 0 saturated carbocycles. The lowest BCUT2D eigenvalue weighted by Crippen LogP contribution is -2.48. The summed E-state index contributed by atoms with van der Waals surface area (Å²) in [6.45, 7) is 0. The van der Waals surface area contributed by atoms with Gasteiger partial charge in [0.2, 0.25) is 17.7 Å². The van der Waals surface area contributed by atoms with E-state index in [-0.39, 0.29) is 23.7 Å². The van der Waals surface area contributed by atoms with Crippen LogP contribution in [-0.4, -0.2) is 40.7 Å². The van der Waals surface area contributed by atoms with Crippen LogP contribution < -0.4 is 5.32 Å². The molecule has 5 nitrogen and oxygen atoms in total. The normalized spacial score (nSPS) is 23.9. The highest BCUT2D eigenvalue weighted by Crippen LogP contribution is 2.61. The molecule has 37 heavy (non-hydrogen) atoms. The largest absolute Gasteiger partial charge is 0.324 e. The molecule has 1 N–H and O–H groups in total. The molecule has 0 radical (unpaired) electrons. The molecule has 0 aromatic heterocycles. The Morgan fingerprint density at radius 2 is 1.38 bits per heavy atom. The number of carbonyl (C=O) groups excluding carboxylic acids is 3. The predicted molar refractivity (Wildman–Crippen MR) is 147 cm³/mol. The second kappa shape index (κ2) is 9.50. The fraction of sp³-hybridized carbons (Fsp3) is 0.276. The Morgan fingerprint density at radius 1 is 0.865 bits per heavy atom. The average Bonchev–Trinajstić information content (AvgIpc) is 3.17. The van der Waals surface area contributed by atoms with Crippen molar-refractivity contribution < 1.29 is 14.4 Å². The van der Waals surface area contributed by atoms with E-state index in [1.165, 1.54) is 4.90 Å². The smallest absolute Gasteiger partial charge is 0.247 e. The summed E-state index contributed by atoms with van der Waals surface area (Å²) in [5.41, 5.74) is 4.89. The van der Waals surface area contributed by atoms with E-state index in [2.05, 4.69) is 29.6 Å². The highest BCUT2D eigenvalue weighted by molar-refractivity contribution is 7.98. The summed E-state index contributed by atoms with van der Waals surface area (Å²) in [5.74, 6) is -1.75. The number of thioether (sulfide) groups is 1. The van der Waals surface area contributed by atoms with Gasteiger partial charge >= 0.3 is 0 Å². The summed E-state index contributed by atoms with van der Waals surface area (Å²) >= 11 is 13.7. The number of carbonyl (C=O) groups is 3. The minimum absolute atomic E-state index is 0.205. The number of anilines is 1. The van der Waals surface area contributed by atoms with Crippen molar-refractivity contribution >= 4 is 58.4 Å². The third-order valence-electron chi connectivity index (χ3n) is 7.88. The molecule has 3 atom stereocenters. The fourth-order valence-corrected chi connectivity index (χ4v) is 7.17.